The van der Waals surface area contributed by atoms with Crippen LogP contribution in [0.25, 0.3) is 0 Å². The summed E-state index contributed by atoms with van der Waals surface area (Å²) in [5.41, 5.74) is 1.59. The summed E-state index contributed by atoms with van der Waals surface area (Å²) in [5.74, 6) is 0. The minimum absolute atomic E-state index is 0.517. The van der Waals surface area contributed by atoms with E-state index in [2.05, 4.69) is 5.16 Å². The van der Waals surface area contributed by atoms with Gasteiger partial charge in [-0.3, -0.25) is 0 Å². The van der Waals surface area contributed by atoms with E-state index >= 15 is 0 Å². The number of hydrogen-bond acceptors (Lipinski definition) is 2. The van der Waals surface area contributed by atoms with Crippen molar-refractivity contribution in [2.45, 2.75) is 31.0 Å². The molecule has 0 amide bonds. The molecule has 0 unspecified atom stereocenters. The first-order chi connectivity index (χ1) is 7.26. The van der Waals surface area contributed by atoms with Crippen molar-refractivity contribution in [3.05, 3.63) is 23.3 Å². The Balaban J connectivity index is 3.33. The van der Waals surface area contributed by atoms with Crippen LogP contribution in [0, 0.1) is 5.41 Å². The fourth-order valence-electron chi connectivity index (χ4n) is 1.87. The van der Waals surface area contributed by atoms with E-state index in [4.69, 9.17) is 40.0 Å². The number of rotatable bonds is 1. The smallest absolute Gasteiger partial charge is 0.202 e. The van der Waals surface area contributed by atoms with Gasteiger partial charge in [-0.1, -0.05) is 58.5 Å². The van der Waals surface area contributed by atoms with Crippen LogP contribution in [0.1, 0.15) is 27.2 Å². The first kappa shape index (κ1) is 13.9. The van der Waals surface area contributed by atoms with E-state index in [0.29, 0.717) is 5.71 Å². The molecule has 0 aromatic rings. The van der Waals surface area contributed by atoms with Crippen molar-refractivity contribution in [1.29, 1.82) is 0 Å². The molecular formula is C11H14Cl3NO. The van der Waals surface area contributed by atoms with Crippen LogP contribution in [0.4, 0.5) is 0 Å². The zero-order valence-electron chi connectivity index (χ0n) is 9.39. The lowest BCUT2D eigenvalue weighted by Crippen LogP contribution is -2.35. The predicted molar refractivity (Wildman–Crippen MR) is 69.7 cm³/mol. The zero-order chi connectivity index (χ0) is 12.6. The van der Waals surface area contributed by atoms with Crippen LogP contribution < -0.4 is 0 Å². The highest BCUT2D eigenvalue weighted by molar-refractivity contribution is 6.68. The van der Waals surface area contributed by atoms with Gasteiger partial charge in [0.05, 0.1) is 5.41 Å². The normalized spacial score (nSPS) is 29.0. The molecule has 16 heavy (non-hydrogen) atoms. The van der Waals surface area contributed by atoms with Crippen molar-refractivity contribution in [3.63, 3.8) is 0 Å². The Labute approximate surface area is 111 Å². The quantitative estimate of drug-likeness (QED) is 0.429. The maximum absolute atomic E-state index is 8.85. The van der Waals surface area contributed by atoms with E-state index < -0.39 is 9.21 Å². The summed E-state index contributed by atoms with van der Waals surface area (Å²) in [6.45, 7) is 5.67. The highest BCUT2D eigenvalue weighted by Crippen LogP contribution is 2.53. The Hall–Kier alpha value is -0.180. The second-order valence-corrected chi connectivity index (χ2v) is 6.32. The van der Waals surface area contributed by atoms with Crippen LogP contribution >= 0.6 is 34.8 Å². The lowest BCUT2D eigenvalue weighted by molar-refractivity contribution is 0.319. The lowest BCUT2D eigenvalue weighted by atomic mass is 9.76. The predicted octanol–water partition coefficient (Wildman–Crippen LogP) is 4.49. The maximum Gasteiger partial charge on any atom is 0.202 e. The van der Waals surface area contributed by atoms with E-state index in [0.717, 1.165) is 17.6 Å². The summed E-state index contributed by atoms with van der Waals surface area (Å²) in [7, 11) is 0. The van der Waals surface area contributed by atoms with Gasteiger partial charge in [-0.25, -0.2) is 0 Å². The standard InChI is InChI=1S/C11H14Cl3NO/c1-4-8-5-9(15-16)7(2)6-10(8,3)11(12,13)14/h5-6,16H,4H2,1-3H3/b15-9-/t10-/m0/s1. The van der Waals surface area contributed by atoms with Gasteiger partial charge in [0.1, 0.15) is 5.71 Å². The average molecular weight is 283 g/mol. The number of allylic oxidation sites excluding steroid dienone is 4. The first-order valence-electron chi connectivity index (χ1n) is 4.96. The number of halogens is 3. The monoisotopic (exact) mass is 281 g/mol. The Morgan fingerprint density at radius 3 is 2.38 bits per heavy atom. The molecule has 0 bridgehead atoms. The summed E-state index contributed by atoms with van der Waals surface area (Å²) < 4.78 is -1.42. The molecular weight excluding hydrogens is 268 g/mol. The third-order valence-electron chi connectivity index (χ3n) is 2.96. The van der Waals surface area contributed by atoms with E-state index in [1.807, 2.05) is 26.8 Å². The highest BCUT2D eigenvalue weighted by Gasteiger charge is 2.46. The van der Waals surface area contributed by atoms with Crippen LogP contribution in [-0.4, -0.2) is 14.7 Å². The van der Waals surface area contributed by atoms with Crippen molar-refractivity contribution in [2.24, 2.45) is 10.6 Å². The van der Waals surface area contributed by atoms with Crippen molar-refractivity contribution >= 4 is 40.5 Å². The minimum atomic E-state index is -1.42. The second kappa shape index (κ2) is 4.59. The molecule has 90 valence electrons. The third kappa shape index (κ3) is 2.24. The van der Waals surface area contributed by atoms with E-state index in [9.17, 15) is 0 Å². The Bertz CT molecular complexity index is 379. The van der Waals surface area contributed by atoms with Gasteiger partial charge in [0, 0.05) is 0 Å². The number of oxime groups is 1. The molecule has 0 aliphatic heterocycles. The van der Waals surface area contributed by atoms with Gasteiger partial charge in [0.25, 0.3) is 0 Å². The number of hydrogen-bond donors (Lipinski definition) is 1. The van der Waals surface area contributed by atoms with E-state index in [1.165, 1.54) is 0 Å². The van der Waals surface area contributed by atoms with Crippen molar-refractivity contribution in [2.75, 3.05) is 0 Å². The molecule has 0 saturated heterocycles. The van der Waals surface area contributed by atoms with E-state index in [-0.39, 0.29) is 0 Å². The van der Waals surface area contributed by atoms with Crippen molar-refractivity contribution in [3.8, 4) is 0 Å². The molecule has 0 radical (unpaired) electrons. The van der Waals surface area contributed by atoms with Crippen LogP contribution in [0.2, 0.25) is 0 Å². The maximum atomic E-state index is 8.85. The summed E-state index contributed by atoms with van der Waals surface area (Å²) in [6.07, 6.45) is 4.35. The van der Waals surface area contributed by atoms with Gasteiger partial charge < -0.3 is 5.21 Å². The van der Waals surface area contributed by atoms with Crippen LogP contribution in [0.15, 0.2) is 28.5 Å². The SMILES string of the molecule is CCC1=C/C(=N/O)C(C)=C[C@]1(C)C(Cl)(Cl)Cl. The zero-order valence-corrected chi connectivity index (χ0v) is 11.7. The summed E-state index contributed by atoms with van der Waals surface area (Å²) in [4.78, 5) is 0. The average Bonchev–Trinajstić information content (AvgIpc) is 2.16. The molecule has 5 heteroatoms. The first-order valence-corrected chi connectivity index (χ1v) is 6.09. The van der Waals surface area contributed by atoms with Gasteiger partial charge in [0.2, 0.25) is 3.79 Å². The van der Waals surface area contributed by atoms with Crippen LogP contribution in [-0.2, 0) is 0 Å². The molecule has 1 aliphatic rings. The van der Waals surface area contributed by atoms with Crippen molar-refractivity contribution < 1.29 is 5.21 Å². The van der Waals surface area contributed by atoms with Crippen LogP contribution in [0.5, 0.6) is 0 Å². The van der Waals surface area contributed by atoms with Gasteiger partial charge in [-0.05, 0) is 31.9 Å². The summed E-state index contributed by atoms with van der Waals surface area (Å²) in [5, 5.41) is 12.1. The molecule has 0 aromatic heterocycles. The van der Waals surface area contributed by atoms with Gasteiger partial charge in [-0.15, -0.1) is 0 Å². The van der Waals surface area contributed by atoms with Crippen LogP contribution in [0.3, 0.4) is 0 Å². The molecule has 0 spiro atoms. The topological polar surface area (TPSA) is 32.6 Å². The molecule has 0 saturated carbocycles. The molecule has 2 nitrogen and oxygen atoms in total. The van der Waals surface area contributed by atoms with Gasteiger partial charge in [-0.2, -0.15) is 0 Å². The number of nitrogens with zero attached hydrogens (tertiary/aromatic N) is 1. The van der Waals surface area contributed by atoms with E-state index in [1.54, 1.807) is 6.08 Å². The molecule has 0 aromatic carbocycles. The van der Waals surface area contributed by atoms with Gasteiger partial charge in [0.15, 0.2) is 0 Å². The fourth-order valence-corrected chi connectivity index (χ4v) is 2.40. The van der Waals surface area contributed by atoms with Crippen molar-refractivity contribution in [1.82, 2.24) is 0 Å². The molecule has 1 aliphatic carbocycles. The summed E-state index contributed by atoms with van der Waals surface area (Å²) >= 11 is 18.1. The number of alkyl halides is 3. The molecule has 1 atom stereocenters. The Kier molecular flexibility index (Phi) is 3.99. The highest BCUT2D eigenvalue weighted by atomic mass is 35.6. The summed E-state index contributed by atoms with van der Waals surface area (Å²) in [6, 6.07) is 0. The molecule has 0 heterocycles. The van der Waals surface area contributed by atoms with Gasteiger partial charge >= 0.3 is 0 Å². The Morgan fingerprint density at radius 1 is 1.44 bits per heavy atom. The molecule has 0 fully saturated rings. The largest absolute Gasteiger partial charge is 0.410 e. The minimum Gasteiger partial charge on any atom is -0.410 e. The fraction of sp³-hybridized carbons (Fsp3) is 0.545. The third-order valence-corrected chi connectivity index (χ3v) is 4.14. The Morgan fingerprint density at radius 2 is 2.00 bits per heavy atom. The lowest BCUT2D eigenvalue weighted by Gasteiger charge is -2.38. The second-order valence-electron chi connectivity index (χ2n) is 4.04. The molecule has 1 N–H and O–H groups in total. The molecule has 1 rings (SSSR count).